The van der Waals surface area contributed by atoms with Crippen LogP contribution < -0.4 is 15.4 Å². The third kappa shape index (κ3) is 3.05. The molecule has 0 aromatic heterocycles. The van der Waals surface area contributed by atoms with E-state index in [1.165, 1.54) is 23.6 Å². The summed E-state index contributed by atoms with van der Waals surface area (Å²) >= 11 is 2.03. The van der Waals surface area contributed by atoms with E-state index in [0.717, 1.165) is 24.5 Å². The zero-order valence-electron chi connectivity index (χ0n) is 11.2. The molecule has 0 aliphatic carbocycles. The Bertz CT molecular complexity index is 391. The van der Waals surface area contributed by atoms with Crippen LogP contribution in [-0.2, 0) is 0 Å². The van der Waals surface area contributed by atoms with Crippen molar-refractivity contribution in [2.75, 3.05) is 35.8 Å². The first-order valence-electron chi connectivity index (χ1n) is 6.55. The van der Waals surface area contributed by atoms with Gasteiger partial charge in [-0.15, -0.1) is 0 Å². The van der Waals surface area contributed by atoms with Crippen LogP contribution in [0.2, 0.25) is 0 Å². The van der Waals surface area contributed by atoms with E-state index in [1.54, 1.807) is 0 Å². The Morgan fingerprint density at radius 1 is 1.50 bits per heavy atom. The minimum absolute atomic E-state index is 0.637. The zero-order chi connectivity index (χ0) is 13.0. The second-order valence-electron chi connectivity index (χ2n) is 4.70. The summed E-state index contributed by atoms with van der Waals surface area (Å²) < 4.78 is 5.68. The molecule has 1 unspecified atom stereocenters. The van der Waals surface area contributed by atoms with Crippen molar-refractivity contribution in [2.24, 2.45) is 0 Å². The van der Waals surface area contributed by atoms with E-state index in [9.17, 15) is 0 Å². The van der Waals surface area contributed by atoms with Gasteiger partial charge in [0.25, 0.3) is 0 Å². The predicted molar refractivity (Wildman–Crippen MR) is 80.8 cm³/mol. The molecule has 1 aromatic carbocycles. The van der Waals surface area contributed by atoms with Gasteiger partial charge in [0.15, 0.2) is 0 Å². The van der Waals surface area contributed by atoms with Crippen LogP contribution in [0.4, 0.5) is 11.4 Å². The monoisotopic (exact) mass is 266 g/mol. The highest BCUT2D eigenvalue weighted by Gasteiger charge is 2.20. The fourth-order valence-corrected chi connectivity index (χ4v) is 3.39. The molecule has 1 saturated heterocycles. The van der Waals surface area contributed by atoms with Crippen LogP contribution in [0.15, 0.2) is 18.2 Å². The lowest BCUT2D eigenvalue weighted by molar-refractivity contribution is 0.319. The number of nitrogen functional groups attached to an aromatic ring is 1. The van der Waals surface area contributed by atoms with Gasteiger partial charge >= 0.3 is 0 Å². The molecule has 1 heterocycles. The van der Waals surface area contributed by atoms with Crippen molar-refractivity contribution in [1.29, 1.82) is 0 Å². The van der Waals surface area contributed by atoms with Crippen molar-refractivity contribution in [1.82, 2.24) is 0 Å². The summed E-state index contributed by atoms with van der Waals surface area (Å²) in [6.07, 6.45) is 2.26. The average Bonchev–Trinajstić information content (AvgIpc) is 2.91. The molecule has 1 aromatic rings. The summed E-state index contributed by atoms with van der Waals surface area (Å²) in [5, 5.41) is 0. The second-order valence-corrected chi connectivity index (χ2v) is 5.85. The number of nitrogens with two attached hydrogens (primary N) is 1. The fourth-order valence-electron chi connectivity index (χ4n) is 2.12. The minimum Gasteiger partial charge on any atom is -0.491 e. The molecule has 0 spiro atoms. The molecule has 0 radical (unpaired) electrons. The third-order valence-corrected chi connectivity index (χ3v) is 4.46. The van der Waals surface area contributed by atoms with Gasteiger partial charge in [0.05, 0.1) is 12.3 Å². The Morgan fingerprint density at radius 2 is 2.33 bits per heavy atom. The number of anilines is 2. The first-order valence-corrected chi connectivity index (χ1v) is 7.70. The lowest BCUT2D eigenvalue weighted by Gasteiger charge is -2.26. The maximum absolute atomic E-state index is 5.94. The van der Waals surface area contributed by atoms with Gasteiger partial charge in [-0.3, -0.25) is 0 Å². The van der Waals surface area contributed by atoms with Crippen LogP contribution >= 0.6 is 11.8 Å². The van der Waals surface area contributed by atoms with Crippen molar-refractivity contribution < 1.29 is 4.74 Å². The highest BCUT2D eigenvalue weighted by atomic mass is 32.2. The lowest BCUT2D eigenvalue weighted by atomic mass is 10.2. The molecule has 4 heteroatoms. The Morgan fingerprint density at radius 3 is 3.00 bits per heavy atom. The van der Waals surface area contributed by atoms with Gasteiger partial charge in [0.1, 0.15) is 5.75 Å². The van der Waals surface area contributed by atoms with E-state index >= 15 is 0 Å². The van der Waals surface area contributed by atoms with Crippen molar-refractivity contribution in [2.45, 2.75) is 25.8 Å². The second kappa shape index (κ2) is 6.23. The Kier molecular flexibility index (Phi) is 4.64. The SMILES string of the molecule is CCCOc1cc(N(C)C2CCSC2)ccc1N. The molecule has 18 heavy (non-hydrogen) atoms. The van der Waals surface area contributed by atoms with Crippen LogP contribution in [0.5, 0.6) is 5.75 Å². The van der Waals surface area contributed by atoms with Crippen LogP contribution in [0, 0.1) is 0 Å². The maximum atomic E-state index is 5.94. The molecule has 2 rings (SSSR count). The molecule has 2 N–H and O–H groups in total. The number of benzene rings is 1. The summed E-state index contributed by atoms with van der Waals surface area (Å²) in [6.45, 7) is 2.82. The van der Waals surface area contributed by atoms with Gasteiger partial charge in [-0.05, 0) is 30.7 Å². The summed E-state index contributed by atoms with van der Waals surface area (Å²) in [6, 6.07) is 6.72. The topological polar surface area (TPSA) is 38.5 Å². The third-order valence-electron chi connectivity index (χ3n) is 3.32. The fraction of sp³-hybridized carbons (Fsp3) is 0.571. The Hall–Kier alpha value is -1.03. The molecular weight excluding hydrogens is 244 g/mol. The highest BCUT2D eigenvalue weighted by Crippen LogP contribution is 2.31. The number of rotatable bonds is 5. The summed E-state index contributed by atoms with van der Waals surface area (Å²) in [4.78, 5) is 2.35. The molecule has 1 fully saturated rings. The Balaban J connectivity index is 2.12. The van der Waals surface area contributed by atoms with Gasteiger partial charge in [0, 0.05) is 30.6 Å². The van der Waals surface area contributed by atoms with E-state index in [2.05, 4.69) is 31.0 Å². The predicted octanol–water partition coefficient (Wildman–Crippen LogP) is 3.00. The molecule has 3 nitrogen and oxygen atoms in total. The summed E-state index contributed by atoms with van der Waals surface area (Å²) in [5.41, 5.74) is 7.86. The molecule has 0 bridgehead atoms. The van der Waals surface area contributed by atoms with Crippen LogP contribution in [-0.4, -0.2) is 31.2 Å². The highest BCUT2D eigenvalue weighted by molar-refractivity contribution is 7.99. The van der Waals surface area contributed by atoms with E-state index in [-0.39, 0.29) is 0 Å². The van der Waals surface area contributed by atoms with Crippen molar-refractivity contribution in [3.8, 4) is 5.75 Å². The quantitative estimate of drug-likeness (QED) is 0.832. The average molecular weight is 266 g/mol. The number of hydrogen-bond donors (Lipinski definition) is 1. The van der Waals surface area contributed by atoms with Gasteiger partial charge in [-0.2, -0.15) is 11.8 Å². The molecule has 100 valence electrons. The zero-order valence-corrected chi connectivity index (χ0v) is 12.0. The number of nitrogens with zero attached hydrogens (tertiary/aromatic N) is 1. The largest absolute Gasteiger partial charge is 0.491 e. The van der Waals surface area contributed by atoms with Crippen LogP contribution in [0.25, 0.3) is 0 Å². The number of thioether (sulfide) groups is 1. The van der Waals surface area contributed by atoms with Crippen molar-refractivity contribution >= 4 is 23.1 Å². The lowest BCUT2D eigenvalue weighted by Crippen LogP contribution is -2.31. The van der Waals surface area contributed by atoms with Gasteiger partial charge < -0.3 is 15.4 Å². The minimum atomic E-state index is 0.637. The molecule has 1 aliphatic heterocycles. The first kappa shape index (κ1) is 13.4. The summed E-state index contributed by atoms with van der Waals surface area (Å²) in [7, 11) is 2.16. The van der Waals surface area contributed by atoms with Gasteiger partial charge in [-0.1, -0.05) is 6.92 Å². The molecule has 0 saturated carbocycles. The van der Waals surface area contributed by atoms with E-state index in [1.807, 2.05) is 17.8 Å². The van der Waals surface area contributed by atoms with Crippen molar-refractivity contribution in [3.63, 3.8) is 0 Å². The molecular formula is C14H22N2OS. The van der Waals surface area contributed by atoms with E-state index in [4.69, 9.17) is 10.5 Å². The summed E-state index contributed by atoms with van der Waals surface area (Å²) in [5.74, 6) is 3.29. The van der Waals surface area contributed by atoms with Crippen LogP contribution in [0.1, 0.15) is 19.8 Å². The first-order chi connectivity index (χ1) is 8.72. The molecule has 1 aliphatic rings. The number of hydrogen-bond acceptors (Lipinski definition) is 4. The van der Waals surface area contributed by atoms with Gasteiger partial charge in [0.2, 0.25) is 0 Å². The van der Waals surface area contributed by atoms with E-state index in [0.29, 0.717) is 6.04 Å². The van der Waals surface area contributed by atoms with E-state index < -0.39 is 0 Å². The normalized spacial score (nSPS) is 18.9. The Labute approximate surface area is 114 Å². The van der Waals surface area contributed by atoms with Crippen molar-refractivity contribution in [3.05, 3.63) is 18.2 Å². The smallest absolute Gasteiger partial charge is 0.144 e. The van der Waals surface area contributed by atoms with Gasteiger partial charge in [-0.25, -0.2) is 0 Å². The molecule has 0 amide bonds. The number of ether oxygens (including phenoxy) is 1. The molecule has 1 atom stereocenters. The maximum Gasteiger partial charge on any atom is 0.144 e. The standard InChI is InChI=1S/C14H22N2OS/c1-3-7-17-14-9-11(4-5-13(14)15)16(2)12-6-8-18-10-12/h4-5,9,12H,3,6-8,10,15H2,1-2H3. The van der Waals surface area contributed by atoms with Crippen LogP contribution in [0.3, 0.4) is 0 Å².